The largest absolute Gasteiger partial charge is 0.491 e. The summed E-state index contributed by atoms with van der Waals surface area (Å²) in [6.45, 7) is 10.2. The molecule has 6 heteroatoms. The monoisotopic (exact) mass is 320 g/mol. The maximum absolute atomic E-state index is 11.5. The van der Waals surface area contributed by atoms with Crippen molar-refractivity contribution in [2.24, 2.45) is 0 Å². The molecule has 0 aliphatic carbocycles. The zero-order valence-corrected chi connectivity index (χ0v) is 14.1. The summed E-state index contributed by atoms with van der Waals surface area (Å²) in [7, 11) is 1.68. The van der Waals surface area contributed by atoms with Gasteiger partial charge in [-0.05, 0) is 57.9 Å². The van der Waals surface area contributed by atoms with E-state index in [0.717, 1.165) is 0 Å². The average molecular weight is 321 g/mol. The lowest BCUT2D eigenvalue weighted by Gasteiger charge is -2.19. The second-order valence-corrected chi connectivity index (χ2v) is 8.14. The minimum atomic E-state index is -3.73. The number of aryl methyl sites for hydroxylation is 2. The number of halogens is 1. The molecule has 114 valence electrons. The van der Waals surface area contributed by atoms with E-state index in [-0.39, 0.29) is 10.5 Å². The Bertz CT molecular complexity index is 550. The maximum Gasteiger partial charge on any atom is 0.261 e. The number of rotatable bonds is 5. The van der Waals surface area contributed by atoms with Crippen LogP contribution in [-0.4, -0.2) is 27.2 Å². The summed E-state index contributed by atoms with van der Waals surface area (Å²) < 4.78 is 34.0. The van der Waals surface area contributed by atoms with E-state index in [1.807, 2.05) is 20.8 Å². The summed E-state index contributed by atoms with van der Waals surface area (Å²) in [5, 5.41) is 0. The molecule has 0 saturated heterocycles. The fraction of sp³-hybridized carbons (Fsp3) is 0.571. The van der Waals surface area contributed by atoms with E-state index in [2.05, 4.69) is 0 Å². The van der Waals surface area contributed by atoms with Crippen molar-refractivity contribution in [2.45, 2.75) is 45.1 Å². The molecule has 0 fully saturated rings. The van der Waals surface area contributed by atoms with Gasteiger partial charge in [-0.2, -0.15) is 0 Å². The quantitative estimate of drug-likeness (QED) is 0.616. The van der Waals surface area contributed by atoms with E-state index in [1.165, 1.54) is 0 Å². The molecule has 1 rings (SSSR count). The first kappa shape index (κ1) is 17.3. The van der Waals surface area contributed by atoms with Crippen molar-refractivity contribution in [2.75, 3.05) is 13.2 Å². The van der Waals surface area contributed by atoms with Gasteiger partial charge in [0.2, 0.25) is 0 Å². The molecule has 0 N–H and O–H groups in total. The van der Waals surface area contributed by atoms with Gasteiger partial charge in [0.1, 0.15) is 12.4 Å². The molecule has 0 amide bonds. The molecule has 0 aliphatic heterocycles. The van der Waals surface area contributed by atoms with Crippen LogP contribution >= 0.6 is 10.7 Å². The van der Waals surface area contributed by atoms with Crippen LogP contribution in [0.15, 0.2) is 17.0 Å². The Morgan fingerprint density at radius 3 is 2.00 bits per heavy atom. The summed E-state index contributed by atoms with van der Waals surface area (Å²) >= 11 is 0. The summed E-state index contributed by atoms with van der Waals surface area (Å²) in [5.74, 6) is 0.613. The minimum Gasteiger partial charge on any atom is -0.491 e. The molecule has 4 nitrogen and oxygen atoms in total. The van der Waals surface area contributed by atoms with E-state index in [9.17, 15) is 8.42 Å². The molecule has 20 heavy (non-hydrogen) atoms. The molecule has 0 saturated carbocycles. The van der Waals surface area contributed by atoms with E-state index < -0.39 is 9.05 Å². The van der Waals surface area contributed by atoms with Gasteiger partial charge < -0.3 is 9.47 Å². The summed E-state index contributed by atoms with van der Waals surface area (Å²) in [5.41, 5.74) is 0.949. The molecule has 0 unspecified atom stereocenters. The smallest absolute Gasteiger partial charge is 0.261 e. The van der Waals surface area contributed by atoms with Crippen LogP contribution in [0, 0.1) is 13.8 Å². The molecular formula is C14H21ClO4S. The highest BCUT2D eigenvalue weighted by Crippen LogP contribution is 2.28. The Morgan fingerprint density at radius 2 is 1.60 bits per heavy atom. The summed E-state index contributed by atoms with van der Waals surface area (Å²) in [4.78, 5) is 0.150. The van der Waals surface area contributed by atoms with Crippen molar-refractivity contribution in [1.82, 2.24) is 0 Å². The standard InChI is InChI=1S/C14H21ClO4S/c1-10-8-12(18-6-7-19-14(3,4)5)9-11(2)13(10)20(15,16)17/h8-9H,6-7H2,1-5H3. The van der Waals surface area contributed by atoms with Crippen molar-refractivity contribution in [3.63, 3.8) is 0 Å². The van der Waals surface area contributed by atoms with Crippen LogP contribution in [0.25, 0.3) is 0 Å². The summed E-state index contributed by atoms with van der Waals surface area (Å²) in [6.07, 6.45) is 0. The third kappa shape index (κ3) is 5.31. The molecule has 1 aromatic carbocycles. The van der Waals surface area contributed by atoms with Crippen LogP contribution in [0.3, 0.4) is 0 Å². The topological polar surface area (TPSA) is 52.6 Å². The third-order valence-corrected chi connectivity index (χ3v) is 4.16. The van der Waals surface area contributed by atoms with Crippen LogP contribution < -0.4 is 4.74 Å². The maximum atomic E-state index is 11.5. The zero-order chi connectivity index (χ0) is 15.6. The van der Waals surface area contributed by atoms with Gasteiger partial charge in [-0.3, -0.25) is 0 Å². The molecule has 0 radical (unpaired) electrons. The molecule has 0 spiro atoms. The van der Waals surface area contributed by atoms with Crippen LogP contribution in [0.1, 0.15) is 31.9 Å². The van der Waals surface area contributed by atoms with E-state index in [4.69, 9.17) is 20.2 Å². The predicted molar refractivity (Wildman–Crippen MR) is 80.2 cm³/mol. The van der Waals surface area contributed by atoms with Gasteiger partial charge in [0.25, 0.3) is 9.05 Å². The average Bonchev–Trinajstić information content (AvgIpc) is 2.20. The lowest BCUT2D eigenvalue weighted by atomic mass is 10.1. The van der Waals surface area contributed by atoms with Gasteiger partial charge in [0, 0.05) is 10.7 Å². The first-order valence-electron chi connectivity index (χ1n) is 6.33. The van der Waals surface area contributed by atoms with Gasteiger partial charge in [-0.15, -0.1) is 0 Å². The molecule has 1 aromatic rings. The van der Waals surface area contributed by atoms with Crippen molar-refractivity contribution >= 4 is 19.7 Å². The van der Waals surface area contributed by atoms with Gasteiger partial charge in [0.05, 0.1) is 17.1 Å². The van der Waals surface area contributed by atoms with Crippen molar-refractivity contribution in [3.8, 4) is 5.75 Å². The van der Waals surface area contributed by atoms with Crippen molar-refractivity contribution < 1.29 is 17.9 Å². The lowest BCUT2D eigenvalue weighted by molar-refractivity contribution is -0.0163. The van der Waals surface area contributed by atoms with Gasteiger partial charge in [0.15, 0.2) is 0 Å². The van der Waals surface area contributed by atoms with E-state index >= 15 is 0 Å². The highest BCUT2D eigenvalue weighted by molar-refractivity contribution is 8.13. The highest BCUT2D eigenvalue weighted by atomic mass is 35.7. The Labute approximate surface area is 125 Å². The fourth-order valence-corrected chi connectivity index (χ4v) is 3.50. The molecule has 0 bridgehead atoms. The van der Waals surface area contributed by atoms with Crippen LogP contribution in [-0.2, 0) is 13.8 Å². The number of benzene rings is 1. The zero-order valence-electron chi connectivity index (χ0n) is 12.5. The van der Waals surface area contributed by atoms with Gasteiger partial charge in [-0.25, -0.2) is 8.42 Å². The number of ether oxygens (including phenoxy) is 2. The number of hydrogen-bond acceptors (Lipinski definition) is 4. The molecule has 0 aromatic heterocycles. The first-order chi connectivity index (χ1) is 9.00. The van der Waals surface area contributed by atoms with E-state index in [0.29, 0.717) is 30.1 Å². The lowest BCUT2D eigenvalue weighted by Crippen LogP contribution is -2.22. The van der Waals surface area contributed by atoms with Gasteiger partial charge >= 0.3 is 0 Å². The molecule has 0 aliphatic rings. The minimum absolute atomic E-state index is 0.150. The first-order valence-corrected chi connectivity index (χ1v) is 8.64. The molecule has 0 heterocycles. The Morgan fingerprint density at radius 1 is 1.10 bits per heavy atom. The van der Waals surface area contributed by atoms with E-state index in [1.54, 1.807) is 26.0 Å². The predicted octanol–water partition coefficient (Wildman–Crippen LogP) is 3.42. The number of hydrogen-bond donors (Lipinski definition) is 0. The second kappa shape index (κ2) is 6.33. The Hall–Kier alpha value is -0.780. The third-order valence-electron chi connectivity index (χ3n) is 2.56. The normalized spacial score (nSPS) is 12.5. The fourth-order valence-electron chi connectivity index (χ4n) is 1.89. The van der Waals surface area contributed by atoms with Crippen LogP contribution in [0.4, 0.5) is 0 Å². The second-order valence-electron chi connectivity index (χ2n) is 5.63. The Kier molecular flexibility index (Phi) is 5.46. The van der Waals surface area contributed by atoms with Crippen molar-refractivity contribution in [1.29, 1.82) is 0 Å². The molecular weight excluding hydrogens is 300 g/mol. The molecule has 0 atom stereocenters. The van der Waals surface area contributed by atoms with Crippen LogP contribution in [0.2, 0.25) is 0 Å². The highest BCUT2D eigenvalue weighted by Gasteiger charge is 2.17. The van der Waals surface area contributed by atoms with Crippen molar-refractivity contribution in [3.05, 3.63) is 23.3 Å². The van der Waals surface area contributed by atoms with Gasteiger partial charge in [-0.1, -0.05) is 0 Å². The summed E-state index contributed by atoms with van der Waals surface area (Å²) in [6, 6.07) is 3.33. The SMILES string of the molecule is Cc1cc(OCCOC(C)(C)C)cc(C)c1S(=O)(=O)Cl. The Balaban J connectivity index is 2.76. The van der Waals surface area contributed by atoms with Crippen LogP contribution in [0.5, 0.6) is 5.75 Å².